The monoisotopic (exact) mass is 252 g/mol. The van der Waals surface area contributed by atoms with Crippen LogP contribution in [0.1, 0.15) is 29.3 Å². The number of rotatable bonds is 2. The van der Waals surface area contributed by atoms with Crippen molar-refractivity contribution < 1.29 is 14.3 Å². The summed E-state index contributed by atoms with van der Waals surface area (Å²) in [4.78, 5) is 12.2. The summed E-state index contributed by atoms with van der Waals surface area (Å²) in [5, 5.41) is 0.337. The smallest absolute Gasteiger partial charge is 0.168 e. The van der Waals surface area contributed by atoms with E-state index in [1.807, 2.05) is 6.07 Å². The largest absolute Gasteiger partial charge is 0.496 e. The van der Waals surface area contributed by atoms with Crippen LogP contribution < -0.4 is 9.47 Å². The van der Waals surface area contributed by atoms with Crippen molar-refractivity contribution in [2.45, 2.75) is 24.3 Å². The number of benzene rings is 1. The van der Waals surface area contributed by atoms with Gasteiger partial charge in [0.05, 0.1) is 19.8 Å². The molecule has 2 rings (SSSR count). The van der Waals surface area contributed by atoms with Crippen molar-refractivity contribution in [3.63, 3.8) is 0 Å². The molecule has 3 nitrogen and oxygen atoms in total. The summed E-state index contributed by atoms with van der Waals surface area (Å²) in [7, 11) is 3.22. The van der Waals surface area contributed by atoms with Gasteiger partial charge in [0.25, 0.3) is 0 Å². The number of Topliss-reactive ketones (excluding diaryl/α,β-unsaturated/α-hetero) is 1. The number of fused-ring (bicyclic) bond motifs is 1. The summed E-state index contributed by atoms with van der Waals surface area (Å²) in [6, 6.07) is 3.66. The van der Waals surface area contributed by atoms with E-state index in [1.165, 1.54) is 0 Å². The van der Waals surface area contributed by atoms with E-state index in [9.17, 15) is 4.79 Å². The normalized spacial score (nSPS) is 19.5. The van der Waals surface area contributed by atoms with E-state index in [4.69, 9.17) is 9.47 Å². The van der Waals surface area contributed by atoms with Crippen molar-refractivity contribution in [1.29, 1.82) is 0 Å². The van der Waals surface area contributed by atoms with Gasteiger partial charge in [-0.2, -0.15) is 11.8 Å². The van der Waals surface area contributed by atoms with Gasteiger partial charge >= 0.3 is 0 Å². The molecule has 0 aliphatic carbocycles. The molecule has 0 spiro atoms. The van der Waals surface area contributed by atoms with Gasteiger partial charge in [-0.3, -0.25) is 4.79 Å². The van der Waals surface area contributed by atoms with Gasteiger partial charge in [-0.15, -0.1) is 0 Å². The highest BCUT2D eigenvalue weighted by Gasteiger charge is 2.26. The number of carbonyl (C=O) groups is 1. The first-order valence-electron chi connectivity index (χ1n) is 5.56. The summed E-state index contributed by atoms with van der Waals surface area (Å²) < 4.78 is 10.6. The lowest BCUT2D eigenvalue weighted by molar-refractivity contribution is 0.0980. The third-order valence-corrected chi connectivity index (χ3v) is 4.13. The number of carbonyl (C=O) groups excluding carboxylic acids is 1. The van der Waals surface area contributed by atoms with Crippen molar-refractivity contribution in [3.05, 3.63) is 23.3 Å². The number of methoxy groups -OCH3 is 2. The molecule has 0 aromatic heterocycles. The fraction of sp³-hybridized carbons (Fsp3) is 0.462. The number of hydrogen-bond acceptors (Lipinski definition) is 4. The van der Waals surface area contributed by atoms with Crippen molar-refractivity contribution in [3.8, 4) is 11.5 Å². The molecule has 0 radical (unpaired) electrons. The van der Waals surface area contributed by atoms with Crippen LogP contribution >= 0.6 is 11.8 Å². The topological polar surface area (TPSA) is 35.5 Å². The average molecular weight is 252 g/mol. The standard InChI is InChI=1S/C13H16O3S/c1-8-6-10(14)13-9(7-17-8)11(15-2)4-5-12(13)16-3/h4-5,8H,6-7H2,1-3H3. The molecule has 1 aromatic rings. The van der Waals surface area contributed by atoms with Crippen LogP contribution in [0.2, 0.25) is 0 Å². The number of ether oxygens (including phenoxy) is 2. The molecule has 1 heterocycles. The molecule has 0 saturated carbocycles. The third kappa shape index (κ3) is 2.27. The Bertz CT molecular complexity index is 443. The Morgan fingerprint density at radius 3 is 2.53 bits per heavy atom. The maximum atomic E-state index is 12.2. The molecule has 1 aromatic carbocycles. The van der Waals surface area contributed by atoms with Crippen molar-refractivity contribution in [2.75, 3.05) is 14.2 Å². The number of hydrogen-bond donors (Lipinski definition) is 0. The van der Waals surface area contributed by atoms with Crippen LogP contribution in [0, 0.1) is 0 Å². The van der Waals surface area contributed by atoms with E-state index in [2.05, 4.69) is 6.92 Å². The Labute approximate surface area is 105 Å². The van der Waals surface area contributed by atoms with Crippen LogP contribution in [0.25, 0.3) is 0 Å². The number of ketones is 1. The zero-order valence-corrected chi connectivity index (χ0v) is 11.1. The van der Waals surface area contributed by atoms with E-state index < -0.39 is 0 Å². The van der Waals surface area contributed by atoms with E-state index in [-0.39, 0.29) is 5.78 Å². The minimum absolute atomic E-state index is 0.147. The van der Waals surface area contributed by atoms with Gasteiger partial charge < -0.3 is 9.47 Å². The van der Waals surface area contributed by atoms with Crippen LogP contribution in [0.3, 0.4) is 0 Å². The fourth-order valence-electron chi connectivity index (χ4n) is 2.07. The van der Waals surface area contributed by atoms with Gasteiger partial charge in [-0.1, -0.05) is 6.92 Å². The Morgan fingerprint density at radius 2 is 1.88 bits per heavy atom. The van der Waals surface area contributed by atoms with Crippen LogP contribution in [0.15, 0.2) is 12.1 Å². The third-order valence-electron chi connectivity index (χ3n) is 2.94. The molecule has 1 unspecified atom stereocenters. The van der Waals surface area contributed by atoms with Crippen molar-refractivity contribution in [1.82, 2.24) is 0 Å². The summed E-state index contributed by atoms with van der Waals surface area (Å²) in [5.74, 6) is 2.37. The van der Waals surface area contributed by atoms with E-state index >= 15 is 0 Å². The lowest BCUT2D eigenvalue weighted by atomic mass is 9.99. The van der Waals surface area contributed by atoms with Gasteiger partial charge in [-0.05, 0) is 12.1 Å². The zero-order chi connectivity index (χ0) is 12.4. The quantitative estimate of drug-likeness (QED) is 0.810. The van der Waals surface area contributed by atoms with Crippen molar-refractivity contribution in [2.24, 2.45) is 0 Å². The minimum atomic E-state index is 0.147. The summed E-state index contributed by atoms with van der Waals surface area (Å²) in [5.41, 5.74) is 1.66. The highest BCUT2D eigenvalue weighted by Crippen LogP contribution is 2.38. The summed E-state index contributed by atoms with van der Waals surface area (Å²) in [6.45, 7) is 2.08. The molecular formula is C13H16O3S. The second-order valence-corrected chi connectivity index (χ2v) is 5.50. The lowest BCUT2D eigenvalue weighted by Crippen LogP contribution is -2.08. The maximum Gasteiger partial charge on any atom is 0.168 e. The molecule has 1 atom stereocenters. The Morgan fingerprint density at radius 1 is 1.24 bits per heavy atom. The van der Waals surface area contributed by atoms with Crippen LogP contribution in [-0.2, 0) is 5.75 Å². The van der Waals surface area contributed by atoms with E-state index in [1.54, 1.807) is 32.0 Å². The zero-order valence-electron chi connectivity index (χ0n) is 10.3. The first-order chi connectivity index (χ1) is 8.17. The molecule has 4 heteroatoms. The predicted octanol–water partition coefficient (Wildman–Crippen LogP) is 2.91. The lowest BCUT2D eigenvalue weighted by Gasteiger charge is -2.13. The highest BCUT2D eigenvalue weighted by molar-refractivity contribution is 7.99. The molecule has 1 aliphatic rings. The molecule has 92 valence electrons. The van der Waals surface area contributed by atoms with E-state index in [0.717, 1.165) is 17.1 Å². The van der Waals surface area contributed by atoms with Crippen molar-refractivity contribution >= 4 is 17.5 Å². The molecule has 0 amide bonds. The summed E-state index contributed by atoms with van der Waals surface area (Å²) >= 11 is 1.78. The SMILES string of the molecule is COc1ccc(OC)c2c1CSC(C)CC2=O. The first kappa shape index (κ1) is 12.3. The second-order valence-electron chi connectivity index (χ2n) is 4.07. The van der Waals surface area contributed by atoms with Gasteiger partial charge in [0.15, 0.2) is 5.78 Å². The highest BCUT2D eigenvalue weighted by atomic mass is 32.2. The molecular weight excluding hydrogens is 236 g/mol. The molecule has 0 bridgehead atoms. The van der Waals surface area contributed by atoms with E-state index in [0.29, 0.717) is 23.0 Å². The summed E-state index contributed by atoms with van der Waals surface area (Å²) in [6.07, 6.45) is 0.557. The minimum Gasteiger partial charge on any atom is -0.496 e. The van der Waals surface area contributed by atoms with Gasteiger partial charge in [0.1, 0.15) is 11.5 Å². The maximum absolute atomic E-state index is 12.2. The van der Waals surface area contributed by atoms with Crippen LogP contribution in [0.5, 0.6) is 11.5 Å². The molecule has 0 N–H and O–H groups in total. The Kier molecular flexibility index (Phi) is 3.62. The Hall–Kier alpha value is -1.16. The molecule has 17 heavy (non-hydrogen) atoms. The first-order valence-corrected chi connectivity index (χ1v) is 6.61. The number of thioether (sulfide) groups is 1. The van der Waals surface area contributed by atoms with Gasteiger partial charge in [0, 0.05) is 23.0 Å². The fourth-order valence-corrected chi connectivity index (χ4v) is 3.07. The molecule has 0 saturated heterocycles. The Balaban J connectivity index is 2.58. The predicted molar refractivity (Wildman–Crippen MR) is 69.3 cm³/mol. The van der Waals surface area contributed by atoms with Crippen LogP contribution in [0.4, 0.5) is 0 Å². The average Bonchev–Trinajstić information content (AvgIpc) is 2.48. The molecule has 1 aliphatic heterocycles. The van der Waals surface area contributed by atoms with Gasteiger partial charge in [0.2, 0.25) is 0 Å². The van der Waals surface area contributed by atoms with Gasteiger partial charge in [-0.25, -0.2) is 0 Å². The molecule has 0 fully saturated rings. The second kappa shape index (κ2) is 5.00. The van der Waals surface area contributed by atoms with Crippen LogP contribution in [-0.4, -0.2) is 25.3 Å².